The molecule has 0 spiro atoms. The van der Waals surface area contributed by atoms with E-state index >= 15 is 0 Å². The zero-order valence-corrected chi connectivity index (χ0v) is 10.7. The van der Waals surface area contributed by atoms with Crippen LogP contribution in [0, 0.1) is 12.1 Å². The van der Waals surface area contributed by atoms with Gasteiger partial charge in [0.05, 0.1) is 0 Å². The van der Waals surface area contributed by atoms with Crippen molar-refractivity contribution in [1.82, 2.24) is 9.97 Å². The summed E-state index contributed by atoms with van der Waals surface area (Å²) < 4.78 is 0. The third kappa shape index (κ3) is 2.94. The standard InChI is InChI=1S/C13H12N2.V/c1-10(2)13-14-9-8-12(15-13)11-6-4-3-5-7-11;/h3-6,9-10H,1-2H3;/q-2;+2. The molecule has 0 bridgehead atoms. The number of hydrogen-bond donors (Lipinski definition) is 0. The number of rotatable bonds is 2. The van der Waals surface area contributed by atoms with Crippen LogP contribution in [0.5, 0.6) is 0 Å². The number of hydrogen-bond acceptors (Lipinski definition) is 2. The van der Waals surface area contributed by atoms with Crippen LogP contribution in [0.25, 0.3) is 11.3 Å². The van der Waals surface area contributed by atoms with Gasteiger partial charge in [-0.25, -0.2) is 12.1 Å². The molecule has 0 aliphatic rings. The van der Waals surface area contributed by atoms with Crippen LogP contribution in [0.4, 0.5) is 0 Å². The number of nitrogens with zero attached hydrogens (tertiary/aromatic N) is 2. The summed E-state index contributed by atoms with van der Waals surface area (Å²) in [5, 5.41) is 0. The quantitative estimate of drug-likeness (QED) is 0.762. The van der Waals surface area contributed by atoms with Crippen molar-refractivity contribution in [2.24, 2.45) is 0 Å². The van der Waals surface area contributed by atoms with Gasteiger partial charge in [0.1, 0.15) is 5.82 Å². The first kappa shape index (κ1) is 13.0. The summed E-state index contributed by atoms with van der Waals surface area (Å²) in [6.07, 6.45) is 1.68. The van der Waals surface area contributed by atoms with Crippen LogP contribution in [0.2, 0.25) is 0 Å². The van der Waals surface area contributed by atoms with Gasteiger partial charge in [0.25, 0.3) is 0 Å². The van der Waals surface area contributed by atoms with E-state index in [0.717, 1.165) is 17.1 Å². The molecule has 79 valence electrons. The van der Waals surface area contributed by atoms with Crippen molar-refractivity contribution in [3.63, 3.8) is 0 Å². The molecule has 16 heavy (non-hydrogen) atoms. The second-order valence-corrected chi connectivity index (χ2v) is 3.65. The molecule has 0 N–H and O–H groups in total. The van der Waals surface area contributed by atoms with Crippen molar-refractivity contribution in [2.75, 3.05) is 0 Å². The molecule has 3 heteroatoms. The normalized spacial score (nSPS) is 9.94. The zero-order valence-electron chi connectivity index (χ0n) is 9.31. The molecule has 1 aromatic carbocycles. The molecule has 1 aromatic heterocycles. The summed E-state index contributed by atoms with van der Waals surface area (Å²) in [4.78, 5) is 8.63. The molecule has 0 aliphatic carbocycles. The van der Waals surface area contributed by atoms with E-state index in [-0.39, 0.29) is 18.6 Å². The van der Waals surface area contributed by atoms with Gasteiger partial charge in [-0.3, -0.25) is 16.6 Å². The van der Waals surface area contributed by atoms with E-state index in [1.54, 1.807) is 6.20 Å². The van der Waals surface area contributed by atoms with Crippen molar-refractivity contribution in [2.45, 2.75) is 19.8 Å². The third-order valence-electron chi connectivity index (χ3n) is 2.11. The van der Waals surface area contributed by atoms with Gasteiger partial charge >= 0.3 is 18.6 Å². The minimum atomic E-state index is 0. The Morgan fingerprint density at radius 2 is 2.00 bits per heavy atom. The van der Waals surface area contributed by atoms with E-state index < -0.39 is 0 Å². The number of benzene rings is 1. The van der Waals surface area contributed by atoms with Gasteiger partial charge in [-0.1, -0.05) is 20.0 Å². The monoisotopic (exact) mass is 247 g/mol. The van der Waals surface area contributed by atoms with Crippen molar-refractivity contribution in [3.05, 3.63) is 48.4 Å². The molecule has 0 amide bonds. The summed E-state index contributed by atoms with van der Waals surface area (Å²) in [7, 11) is 0. The Morgan fingerprint density at radius 3 is 2.62 bits per heavy atom. The van der Waals surface area contributed by atoms with Gasteiger partial charge in [-0.05, 0) is 0 Å². The fraction of sp³-hybridized carbons (Fsp3) is 0.231. The Morgan fingerprint density at radius 1 is 1.19 bits per heavy atom. The SMILES string of the molecule is CC(C)c1nc[c-]c(-c2[c-]cccc2)n1.[V+2]. The van der Waals surface area contributed by atoms with Crippen molar-refractivity contribution in [3.8, 4) is 11.3 Å². The first-order valence-corrected chi connectivity index (χ1v) is 4.99. The van der Waals surface area contributed by atoms with E-state index in [2.05, 4.69) is 35.9 Å². The van der Waals surface area contributed by atoms with Crippen LogP contribution in [-0.4, -0.2) is 9.97 Å². The first-order chi connectivity index (χ1) is 7.27. The largest absolute Gasteiger partial charge is 2.00 e. The van der Waals surface area contributed by atoms with Gasteiger partial charge in [0, 0.05) is 5.92 Å². The molecule has 0 fully saturated rings. The Labute approximate surface area is 108 Å². The zero-order chi connectivity index (χ0) is 10.7. The Hall–Kier alpha value is -1.12. The smallest absolute Gasteiger partial charge is 0.322 e. The average molecular weight is 247 g/mol. The third-order valence-corrected chi connectivity index (χ3v) is 2.11. The van der Waals surface area contributed by atoms with Gasteiger partial charge < -0.3 is 4.98 Å². The topological polar surface area (TPSA) is 25.8 Å². The van der Waals surface area contributed by atoms with Crippen molar-refractivity contribution >= 4 is 0 Å². The Bertz CT molecular complexity index is 441. The predicted octanol–water partition coefficient (Wildman–Crippen LogP) is 2.86. The van der Waals surface area contributed by atoms with E-state index in [9.17, 15) is 0 Å². The van der Waals surface area contributed by atoms with Crippen LogP contribution in [-0.2, 0) is 18.6 Å². The predicted molar refractivity (Wildman–Crippen MR) is 59.2 cm³/mol. The first-order valence-electron chi connectivity index (χ1n) is 4.99. The molecule has 0 unspecified atom stereocenters. The maximum absolute atomic E-state index is 4.44. The molecule has 0 atom stereocenters. The summed E-state index contributed by atoms with van der Waals surface area (Å²) >= 11 is 0. The van der Waals surface area contributed by atoms with Crippen molar-refractivity contribution < 1.29 is 18.6 Å². The molecule has 2 nitrogen and oxygen atoms in total. The summed E-state index contributed by atoms with van der Waals surface area (Å²) in [6, 6.07) is 13.9. The van der Waals surface area contributed by atoms with Gasteiger partial charge in [-0.15, -0.1) is 6.07 Å². The van der Waals surface area contributed by atoms with Crippen LogP contribution in [0.1, 0.15) is 25.6 Å². The second kappa shape index (κ2) is 5.83. The molecule has 0 aliphatic heterocycles. The van der Waals surface area contributed by atoms with Crippen LogP contribution in [0.3, 0.4) is 0 Å². The van der Waals surface area contributed by atoms with E-state index in [1.165, 1.54) is 0 Å². The van der Waals surface area contributed by atoms with Gasteiger partial charge in [0.2, 0.25) is 0 Å². The second-order valence-electron chi connectivity index (χ2n) is 3.65. The minimum Gasteiger partial charge on any atom is -0.322 e. The molecular formula is C13H12N2V. The maximum atomic E-state index is 4.44. The van der Waals surface area contributed by atoms with E-state index in [4.69, 9.17) is 0 Å². The van der Waals surface area contributed by atoms with E-state index in [0.29, 0.717) is 5.92 Å². The maximum Gasteiger partial charge on any atom is 2.00 e. The van der Waals surface area contributed by atoms with Crippen LogP contribution in [0.15, 0.2) is 30.5 Å². The summed E-state index contributed by atoms with van der Waals surface area (Å²) in [5.41, 5.74) is 1.77. The van der Waals surface area contributed by atoms with Crippen LogP contribution < -0.4 is 0 Å². The fourth-order valence-corrected chi connectivity index (χ4v) is 1.29. The van der Waals surface area contributed by atoms with Crippen LogP contribution >= 0.6 is 0 Å². The molecular weight excluding hydrogens is 235 g/mol. The summed E-state index contributed by atoms with van der Waals surface area (Å²) in [6.45, 7) is 4.15. The molecule has 0 saturated heterocycles. The summed E-state index contributed by atoms with van der Waals surface area (Å²) in [5.74, 6) is 1.18. The molecule has 2 rings (SSSR count). The van der Waals surface area contributed by atoms with Gasteiger partial charge in [-0.2, -0.15) is 17.8 Å². The van der Waals surface area contributed by atoms with E-state index in [1.807, 2.05) is 24.3 Å². The molecule has 1 radical (unpaired) electrons. The Balaban J connectivity index is 0.00000128. The molecule has 0 saturated carbocycles. The van der Waals surface area contributed by atoms with Gasteiger partial charge in [0.15, 0.2) is 0 Å². The van der Waals surface area contributed by atoms with Crippen molar-refractivity contribution in [1.29, 1.82) is 0 Å². The minimum absolute atomic E-state index is 0. The molecule has 1 heterocycles. The fourth-order valence-electron chi connectivity index (χ4n) is 1.29. The Kier molecular flexibility index (Phi) is 4.72. The average Bonchev–Trinajstić information content (AvgIpc) is 2.30. The molecule has 2 aromatic rings. The number of aromatic nitrogens is 2.